The van der Waals surface area contributed by atoms with Gasteiger partial charge in [0, 0.05) is 0 Å². The molecule has 2 heterocycles. The molecule has 0 saturated carbocycles. The van der Waals surface area contributed by atoms with E-state index in [4.69, 9.17) is 0 Å². The van der Waals surface area contributed by atoms with Gasteiger partial charge in [-0.3, -0.25) is 14.7 Å². The molecule has 0 radical (unpaired) electrons. The third kappa shape index (κ3) is 2.07. The molecule has 106 valence electrons. The molecule has 7 heteroatoms. The Bertz CT molecular complexity index is 702. The highest BCUT2D eigenvalue weighted by Gasteiger charge is 2.33. The second kappa shape index (κ2) is 4.59. The van der Waals surface area contributed by atoms with Crippen molar-refractivity contribution in [3.8, 4) is 0 Å². The number of alkyl halides is 3. The smallest absolute Gasteiger partial charge is 0.297 e. The summed E-state index contributed by atoms with van der Waals surface area (Å²) in [6, 6.07) is 3.55. The zero-order valence-corrected chi connectivity index (χ0v) is 10.4. The summed E-state index contributed by atoms with van der Waals surface area (Å²) in [4.78, 5) is 16.2. The minimum Gasteiger partial charge on any atom is -0.297 e. The summed E-state index contributed by atoms with van der Waals surface area (Å²) in [6.07, 6.45) is -1.81. The predicted octanol–water partition coefficient (Wildman–Crippen LogP) is 2.30. The summed E-state index contributed by atoms with van der Waals surface area (Å²) in [7, 11) is 0. The topological polar surface area (TPSA) is 46.9 Å². The number of benzene rings is 1. The molecule has 1 atom stereocenters. The van der Waals surface area contributed by atoms with Gasteiger partial charge in [-0.15, -0.1) is 0 Å². The molecule has 1 N–H and O–H groups in total. The average Bonchev–Trinajstić information content (AvgIpc) is 2.91. The number of nitrogens with one attached hydrogen (secondary N) is 1. The van der Waals surface area contributed by atoms with Gasteiger partial charge >= 0.3 is 6.18 Å². The van der Waals surface area contributed by atoms with E-state index in [1.54, 1.807) is 0 Å². The van der Waals surface area contributed by atoms with Crippen molar-refractivity contribution in [3.63, 3.8) is 0 Å². The van der Waals surface area contributed by atoms with Crippen LogP contribution in [0.5, 0.6) is 0 Å². The largest absolute Gasteiger partial charge is 0.418 e. The minimum absolute atomic E-state index is 0.00368. The van der Waals surface area contributed by atoms with E-state index in [-0.39, 0.29) is 17.1 Å². The quantitative estimate of drug-likeness (QED) is 0.873. The van der Waals surface area contributed by atoms with Crippen molar-refractivity contribution in [1.29, 1.82) is 0 Å². The summed E-state index contributed by atoms with van der Waals surface area (Å²) < 4.78 is 40.0. The summed E-state index contributed by atoms with van der Waals surface area (Å²) in [5.41, 5.74) is -1.61. The van der Waals surface area contributed by atoms with Crippen LogP contribution in [0.15, 0.2) is 29.3 Å². The van der Waals surface area contributed by atoms with Crippen LogP contribution >= 0.6 is 0 Å². The molecule has 20 heavy (non-hydrogen) atoms. The first-order chi connectivity index (χ1) is 9.48. The molecule has 1 saturated heterocycles. The second-order valence-corrected chi connectivity index (χ2v) is 4.77. The van der Waals surface area contributed by atoms with Crippen LogP contribution in [0.3, 0.4) is 0 Å². The van der Waals surface area contributed by atoms with Gasteiger partial charge in [-0.05, 0) is 31.5 Å². The Balaban J connectivity index is 2.22. The Hall–Kier alpha value is -1.89. The van der Waals surface area contributed by atoms with Crippen LogP contribution < -0.4 is 10.9 Å². The molecule has 1 aromatic carbocycles. The summed E-state index contributed by atoms with van der Waals surface area (Å²) in [5.74, 6) is 0. The van der Waals surface area contributed by atoms with E-state index in [0.717, 1.165) is 25.5 Å². The molecule has 1 aromatic heterocycles. The molecule has 0 amide bonds. The zero-order chi connectivity index (χ0) is 14.3. The standard InChI is InChI=1S/C13H12F3N3O/c14-13(15,16)9-4-1-3-8-11(9)18-7-19(12(8)20)10-5-2-6-17-10/h1,3-4,7,10,17H,2,5-6H2. The maximum absolute atomic E-state index is 12.9. The number of nitrogens with zero attached hydrogens (tertiary/aromatic N) is 2. The molecular formula is C13H12F3N3O. The summed E-state index contributed by atoms with van der Waals surface area (Å²) >= 11 is 0. The van der Waals surface area contributed by atoms with Crippen LogP contribution in [-0.4, -0.2) is 16.1 Å². The van der Waals surface area contributed by atoms with Crippen molar-refractivity contribution in [1.82, 2.24) is 14.9 Å². The van der Waals surface area contributed by atoms with Crippen molar-refractivity contribution in [2.45, 2.75) is 25.2 Å². The average molecular weight is 283 g/mol. The first-order valence-corrected chi connectivity index (χ1v) is 6.29. The molecule has 1 aliphatic rings. The van der Waals surface area contributed by atoms with E-state index in [2.05, 4.69) is 10.3 Å². The van der Waals surface area contributed by atoms with Crippen LogP contribution in [0.4, 0.5) is 13.2 Å². The molecule has 0 spiro atoms. The van der Waals surface area contributed by atoms with Crippen molar-refractivity contribution < 1.29 is 13.2 Å². The lowest BCUT2D eigenvalue weighted by Crippen LogP contribution is -2.30. The van der Waals surface area contributed by atoms with E-state index < -0.39 is 17.3 Å². The second-order valence-electron chi connectivity index (χ2n) is 4.77. The van der Waals surface area contributed by atoms with E-state index in [0.29, 0.717) is 0 Å². The van der Waals surface area contributed by atoms with Gasteiger partial charge in [0.25, 0.3) is 5.56 Å². The maximum atomic E-state index is 12.9. The molecule has 0 bridgehead atoms. The van der Waals surface area contributed by atoms with Crippen molar-refractivity contribution in [3.05, 3.63) is 40.4 Å². The highest BCUT2D eigenvalue weighted by molar-refractivity contribution is 5.81. The fourth-order valence-corrected chi connectivity index (χ4v) is 2.52. The summed E-state index contributed by atoms with van der Waals surface area (Å²) in [5, 5.41) is 3.12. The fraction of sp³-hybridized carbons (Fsp3) is 0.385. The highest BCUT2D eigenvalue weighted by Crippen LogP contribution is 2.32. The van der Waals surface area contributed by atoms with Crippen molar-refractivity contribution in [2.24, 2.45) is 0 Å². The normalized spacial score (nSPS) is 19.6. The van der Waals surface area contributed by atoms with Crippen molar-refractivity contribution in [2.75, 3.05) is 6.54 Å². The van der Waals surface area contributed by atoms with Gasteiger partial charge in [-0.1, -0.05) is 6.07 Å². The zero-order valence-electron chi connectivity index (χ0n) is 10.4. The Morgan fingerprint density at radius 1 is 1.35 bits per heavy atom. The van der Waals surface area contributed by atoms with Crippen molar-refractivity contribution >= 4 is 10.9 Å². The highest BCUT2D eigenvalue weighted by atomic mass is 19.4. The Morgan fingerprint density at radius 2 is 2.15 bits per heavy atom. The van der Waals surface area contributed by atoms with E-state index >= 15 is 0 Å². The van der Waals surface area contributed by atoms with Crippen LogP contribution in [0.2, 0.25) is 0 Å². The first kappa shape index (κ1) is 13.1. The number of para-hydroxylation sites is 1. The molecule has 3 rings (SSSR count). The fourth-order valence-electron chi connectivity index (χ4n) is 2.52. The van der Waals surface area contributed by atoms with Gasteiger partial charge in [0.05, 0.1) is 29.0 Å². The third-order valence-electron chi connectivity index (χ3n) is 3.49. The molecule has 1 fully saturated rings. The van der Waals surface area contributed by atoms with Crippen LogP contribution in [0, 0.1) is 0 Å². The first-order valence-electron chi connectivity index (χ1n) is 6.29. The Labute approximate surface area is 112 Å². The molecule has 1 unspecified atom stereocenters. The number of halogens is 3. The number of aromatic nitrogens is 2. The van der Waals surface area contributed by atoms with Crippen LogP contribution in [0.1, 0.15) is 24.6 Å². The Morgan fingerprint density at radius 3 is 2.80 bits per heavy atom. The van der Waals surface area contributed by atoms with E-state index in [1.165, 1.54) is 23.0 Å². The third-order valence-corrected chi connectivity index (χ3v) is 3.49. The SMILES string of the molecule is O=c1c2cccc(C(F)(F)F)c2ncn1C1CCCN1. The molecule has 2 aromatic rings. The van der Waals surface area contributed by atoms with Gasteiger partial charge in [0.2, 0.25) is 0 Å². The van der Waals surface area contributed by atoms with E-state index in [9.17, 15) is 18.0 Å². The molecule has 0 aliphatic carbocycles. The van der Waals surface area contributed by atoms with Gasteiger partial charge < -0.3 is 0 Å². The number of rotatable bonds is 1. The predicted molar refractivity (Wildman–Crippen MR) is 67.3 cm³/mol. The van der Waals surface area contributed by atoms with Gasteiger partial charge in [0.15, 0.2) is 0 Å². The van der Waals surface area contributed by atoms with Crippen LogP contribution in [-0.2, 0) is 6.18 Å². The molecule has 4 nitrogen and oxygen atoms in total. The van der Waals surface area contributed by atoms with E-state index in [1.807, 2.05) is 0 Å². The maximum Gasteiger partial charge on any atom is 0.418 e. The number of hydrogen-bond donors (Lipinski definition) is 1. The lowest BCUT2D eigenvalue weighted by Gasteiger charge is -2.15. The van der Waals surface area contributed by atoms with Gasteiger partial charge in [-0.2, -0.15) is 13.2 Å². The van der Waals surface area contributed by atoms with Gasteiger partial charge in [-0.25, -0.2) is 4.98 Å². The molecule has 1 aliphatic heterocycles. The van der Waals surface area contributed by atoms with Gasteiger partial charge in [0.1, 0.15) is 0 Å². The van der Waals surface area contributed by atoms with Crippen LogP contribution in [0.25, 0.3) is 10.9 Å². The number of fused-ring (bicyclic) bond motifs is 1. The molecular weight excluding hydrogens is 271 g/mol. The Kier molecular flexibility index (Phi) is 3.01. The lowest BCUT2D eigenvalue weighted by molar-refractivity contribution is -0.136. The lowest BCUT2D eigenvalue weighted by atomic mass is 10.1. The number of hydrogen-bond acceptors (Lipinski definition) is 3. The summed E-state index contributed by atoms with van der Waals surface area (Å²) in [6.45, 7) is 0.789. The monoisotopic (exact) mass is 283 g/mol. The minimum atomic E-state index is -4.52.